The quantitative estimate of drug-likeness (QED) is 0.359. The number of fused-ring (bicyclic) bond motifs is 1. The topological polar surface area (TPSA) is 69.1 Å². The Morgan fingerprint density at radius 1 is 1.22 bits per heavy atom. The first kappa shape index (κ1) is 23.6. The van der Waals surface area contributed by atoms with Crippen molar-refractivity contribution in [3.05, 3.63) is 45.0 Å². The molecule has 0 radical (unpaired) electrons. The fourth-order valence-corrected chi connectivity index (χ4v) is 3.46. The minimum absolute atomic E-state index is 0.0491. The summed E-state index contributed by atoms with van der Waals surface area (Å²) in [7, 11) is 1.20. The summed E-state index contributed by atoms with van der Waals surface area (Å²) >= 11 is 5.15. The predicted molar refractivity (Wildman–Crippen MR) is 110 cm³/mol. The first-order chi connectivity index (χ1) is 15.1. The molecule has 3 aromatic rings. The van der Waals surface area contributed by atoms with Crippen molar-refractivity contribution in [2.24, 2.45) is 0 Å². The highest BCUT2D eigenvalue weighted by molar-refractivity contribution is 7.71. The van der Waals surface area contributed by atoms with Gasteiger partial charge in [-0.05, 0) is 42.9 Å². The second kappa shape index (κ2) is 9.23. The third-order valence-electron chi connectivity index (χ3n) is 4.66. The number of benzene rings is 1. The van der Waals surface area contributed by atoms with Crippen LogP contribution < -0.4 is 15.0 Å². The molecule has 0 fully saturated rings. The van der Waals surface area contributed by atoms with Crippen molar-refractivity contribution in [2.45, 2.75) is 39.1 Å². The molecule has 0 saturated carbocycles. The molecular formula is C20H18F5N3O3S. The van der Waals surface area contributed by atoms with Gasteiger partial charge >= 0.3 is 12.8 Å². The highest BCUT2D eigenvalue weighted by Crippen LogP contribution is 2.38. The summed E-state index contributed by atoms with van der Waals surface area (Å²) in [6.07, 6.45) is -3.54. The van der Waals surface area contributed by atoms with Gasteiger partial charge in [0.05, 0.1) is 23.8 Å². The van der Waals surface area contributed by atoms with Gasteiger partial charge in [-0.15, -0.1) is 0 Å². The third kappa shape index (κ3) is 4.74. The average molecular weight is 475 g/mol. The maximum absolute atomic E-state index is 13.9. The number of halogens is 5. The van der Waals surface area contributed by atoms with E-state index in [0.717, 1.165) is 18.6 Å². The van der Waals surface area contributed by atoms with Crippen LogP contribution in [0.15, 0.2) is 29.1 Å². The van der Waals surface area contributed by atoms with Crippen LogP contribution in [0.2, 0.25) is 0 Å². The lowest BCUT2D eigenvalue weighted by Gasteiger charge is -2.16. The molecule has 2 heterocycles. The van der Waals surface area contributed by atoms with E-state index in [1.54, 1.807) is 0 Å². The van der Waals surface area contributed by atoms with Crippen LogP contribution in [0.1, 0.15) is 25.3 Å². The van der Waals surface area contributed by atoms with Gasteiger partial charge in [0.2, 0.25) is 0 Å². The van der Waals surface area contributed by atoms with Crippen LogP contribution in [-0.2, 0) is 12.7 Å². The molecule has 0 amide bonds. The molecule has 12 heteroatoms. The molecule has 172 valence electrons. The summed E-state index contributed by atoms with van der Waals surface area (Å²) in [5.41, 5.74) is -2.40. The number of H-pyrrole nitrogens is 1. The Bertz CT molecular complexity index is 1250. The molecule has 6 nitrogen and oxygen atoms in total. The van der Waals surface area contributed by atoms with Crippen LogP contribution in [0.3, 0.4) is 0 Å². The van der Waals surface area contributed by atoms with Gasteiger partial charge in [0.1, 0.15) is 5.65 Å². The van der Waals surface area contributed by atoms with Crippen molar-refractivity contribution >= 4 is 23.3 Å². The summed E-state index contributed by atoms with van der Waals surface area (Å²) in [6, 6.07) is 4.37. The Hall–Kier alpha value is -3.02. The monoisotopic (exact) mass is 475 g/mol. The van der Waals surface area contributed by atoms with Gasteiger partial charge in [-0.25, -0.2) is 4.98 Å². The smallest absolute Gasteiger partial charge is 0.417 e. The molecule has 0 aliphatic rings. The number of nitrogens with one attached hydrogen (secondary N) is 1. The SMILES string of the molecule is CCCCn1c(=S)[nH]c(=O)c2c(C(F)(F)F)cc(-c3ccc(OC(F)F)c(OC)c3)nc21. The van der Waals surface area contributed by atoms with Gasteiger partial charge in [0.15, 0.2) is 16.3 Å². The zero-order chi connectivity index (χ0) is 23.6. The Kier molecular flexibility index (Phi) is 6.82. The fraction of sp³-hybridized carbons (Fsp3) is 0.350. The summed E-state index contributed by atoms with van der Waals surface area (Å²) in [6.45, 7) is -0.965. The summed E-state index contributed by atoms with van der Waals surface area (Å²) in [5.74, 6) is -0.405. The van der Waals surface area contributed by atoms with Crippen LogP contribution in [0.25, 0.3) is 22.3 Å². The molecule has 0 spiro atoms. The van der Waals surface area contributed by atoms with E-state index in [-0.39, 0.29) is 39.7 Å². The van der Waals surface area contributed by atoms with E-state index in [0.29, 0.717) is 6.42 Å². The van der Waals surface area contributed by atoms with Crippen LogP contribution in [0.4, 0.5) is 22.0 Å². The number of hydrogen-bond donors (Lipinski definition) is 1. The first-order valence-electron chi connectivity index (χ1n) is 9.45. The van der Waals surface area contributed by atoms with E-state index in [1.165, 1.54) is 23.8 Å². The van der Waals surface area contributed by atoms with Crippen LogP contribution in [0.5, 0.6) is 11.5 Å². The van der Waals surface area contributed by atoms with Crippen molar-refractivity contribution in [1.29, 1.82) is 0 Å². The predicted octanol–water partition coefficient (Wildman–Crippen LogP) is 5.55. The molecule has 0 unspecified atom stereocenters. The summed E-state index contributed by atoms with van der Waals surface area (Å²) < 4.78 is 77.5. The van der Waals surface area contributed by atoms with Crippen molar-refractivity contribution in [2.75, 3.05) is 7.11 Å². The average Bonchev–Trinajstić information content (AvgIpc) is 2.72. The fourth-order valence-electron chi connectivity index (χ4n) is 3.19. The normalized spacial score (nSPS) is 11.9. The van der Waals surface area contributed by atoms with Crippen molar-refractivity contribution in [3.63, 3.8) is 0 Å². The number of aromatic nitrogens is 3. The van der Waals surface area contributed by atoms with Crippen molar-refractivity contribution in [1.82, 2.24) is 14.5 Å². The number of ether oxygens (including phenoxy) is 2. The zero-order valence-corrected chi connectivity index (χ0v) is 17.7. The molecule has 3 rings (SSSR count). The van der Waals surface area contributed by atoms with Gasteiger partial charge in [0.25, 0.3) is 5.56 Å². The highest BCUT2D eigenvalue weighted by atomic mass is 32.1. The Morgan fingerprint density at radius 2 is 1.94 bits per heavy atom. The molecule has 0 aliphatic carbocycles. The maximum atomic E-state index is 13.9. The van der Waals surface area contributed by atoms with Crippen LogP contribution >= 0.6 is 12.2 Å². The first-order valence-corrected chi connectivity index (χ1v) is 9.86. The van der Waals surface area contributed by atoms with E-state index < -0.39 is 29.3 Å². The summed E-state index contributed by atoms with van der Waals surface area (Å²) in [4.78, 5) is 19.0. The number of aryl methyl sites for hydroxylation is 1. The molecule has 0 saturated heterocycles. The van der Waals surface area contributed by atoms with Gasteiger partial charge in [0, 0.05) is 12.1 Å². The molecule has 32 heavy (non-hydrogen) atoms. The van der Waals surface area contributed by atoms with Gasteiger partial charge in [-0.1, -0.05) is 13.3 Å². The molecule has 0 atom stereocenters. The minimum atomic E-state index is -4.86. The van der Waals surface area contributed by atoms with Crippen molar-refractivity contribution < 1.29 is 31.4 Å². The second-order valence-corrected chi connectivity index (χ2v) is 7.15. The molecule has 1 N–H and O–H groups in total. The number of pyridine rings is 1. The Labute approximate surface area is 183 Å². The third-order valence-corrected chi connectivity index (χ3v) is 4.99. The highest BCUT2D eigenvalue weighted by Gasteiger charge is 2.35. The molecule has 2 aromatic heterocycles. The maximum Gasteiger partial charge on any atom is 0.417 e. The van der Waals surface area contributed by atoms with E-state index in [4.69, 9.17) is 17.0 Å². The lowest BCUT2D eigenvalue weighted by Crippen LogP contribution is -2.20. The lowest BCUT2D eigenvalue weighted by molar-refractivity contribution is -0.136. The van der Waals surface area contributed by atoms with Crippen LogP contribution in [-0.4, -0.2) is 28.3 Å². The Balaban J connectivity index is 2.33. The standard InChI is InChI=1S/C20H18F5N3O3S/c1-3-4-7-28-16-15(17(29)27-19(28)32)11(20(23,24)25)9-12(26-16)10-5-6-13(31-18(21)22)14(8-10)30-2/h5-6,8-9,18H,3-4,7H2,1-2H3,(H,27,29,32). The number of methoxy groups -OCH3 is 1. The zero-order valence-electron chi connectivity index (χ0n) is 16.9. The molecular weight excluding hydrogens is 457 g/mol. The second-order valence-electron chi connectivity index (χ2n) is 6.76. The van der Waals surface area contributed by atoms with E-state index in [1.807, 2.05) is 6.92 Å². The number of hydrogen-bond acceptors (Lipinski definition) is 5. The van der Waals surface area contributed by atoms with Gasteiger partial charge < -0.3 is 14.0 Å². The van der Waals surface area contributed by atoms with E-state index >= 15 is 0 Å². The number of rotatable bonds is 7. The van der Waals surface area contributed by atoms with E-state index in [9.17, 15) is 26.7 Å². The molecule has 0 bridgehead atoms. The molecule has 1 aromatic carbocycles. The largest absolute Gasteiger partial charge is 0.493 e. The molecule has 0 aliphatic heterocycles. The number of unbranched alkanes of at least 4 members (excludes halogenated alkanes) is 1. The number of alkyl halides is 5. The van der Waals surface area contributed by atoms with Gasteiger partial charge in [-0.3, -0.25) is 9.78 Å². The lowest BCUT2D eigenvalue weighted by atomic mass is 10.1. The van der Waals surface area contributed by atoms with E-state index in [2.05, 4.69) is 14.7 Å². The summed E-state index contributed by atoms with van der Waals surface area (Å²) in [5, 5.41) is -0.629. The Morgan fingerprint density at radius 3 is 2.53 bits per heavy atom. The van der Waals surface area contributed by atoms with Gasteiger partial charge in [-0.2, -0.15) is 22.0 Å². The van der Waals surface area contributed by atoms with Crippen LogP contribution in [0, 0.1) is 4.77 Å². The number of aromatic amines is 1. The van der Waals surface area contributed by atoms with Crippen molar-refractivity contribution in [3.8, 4) is 22.8 Å². The minimum Gasteiger partial charge on any atom is -0.493 e. The number of nitrogens with zero attached hydrogens (tertiary/aromatic N) is 2.